The van der Waals surface area contributed by atoms with Crippen LogP contribution in [0.5, 0.6) is 0 Å². The van der Waals surface area contributed by atoms with Crippen LogP contribution in [0.1, 0.15) is 20.0 Å². The van der Waals surface area contributed by atoms with E-state index < -0.39 is 5.97 Å². The van der Waals surface area contributed by atoms with E-state index in [1.54, 1.807) is 18.2 Å². The highest BCUT2D eigenvalue weighted by atomic mass is 35.5. The molecule has 1 aromatic heterocycles. The van der Waals surface area contributed by atoms with Crippen LogP contribution in [0.15, 0.2) is 30.3 Å². The summed E-state index contributed by atoms with van der Waals surface area (Å²) in [5.74, 6) is -1.00. The first-order valence-corrected chi connectivity index (χ1v) is 5.89. The zero-order valence-corrected chi connectivity index (χ0v) is 10.1. The van der Waals surface area contributed by atoms with Crippen LogP contribution in [-0.4, -0.2) is 17.4 Å². The summed E-state index contributed by atoms with van der Waals surface area (Å²) in [5.41, 5.74) is 0.801. The molecule has 0 aliphatic heterocycles. The summed E-state index contributed by atoms with van der Waals surface area (Å²) in [4.78, 5) is 22.8. The van der Waals surface area contributed by atoms with Crippen LogP contribution in [-0.2, 0) is 0 Å². The highest BCUT2D eigenvalue weighted by Crippen LogP contribution is 2.33. The van der Waals surface area contributed by atoms with Crippen molar-refractivity contribution in [1.82, 2.24) is 0 Å². The molecule has 0 fully saturated rings. The van der Waals surface area contributed by atoms with E-state index in [1.165, 1.54) is 23.5 Å². The maximum Gasteiger partial charge on any atom is 0.335 e. The lowest BCUT2D eigenvalue weighted by Gasteiger charge is -2.02. The Morgan fingerprint density at radius 1 is 1.29 bits per heavy atom. The van der Waals surface area contributed by atoms with Gasteiger partial charge in [0.05, 0.1) is 10.4 Å². The summed E-state index contributed by atoms with van der Waals surface area (Å²) in [7, 11) is 0. The standard InChI is InChI=1S/C12H7ClO3S/c13-10-3-1-7(12(15)16)5-9(10)11-4-2-8(6-14)17-11/h1-6H,(H,15,16). The fourth-order valence-electron chi connectivity index (χ4n) is 1.41. The van der Waals surface area contributed by atoms with Gasteiger partial charge in [-0.25, -0.2) is 4.79 Å². The summed E-state index contributed by atoms with van der Waals surface area (Å²) in [6.07, 6.45) is 0.753. The number of rotatable bonds is 3. The number of carbonyl (C=O) groups is 2. The van der Waals surface area contributed by atoms with E-state index in [0.717, 1.165) is 11.2 Å². The number of carbonyl (C=O) groups excluding carboxylic acids is 1. The second kappa shape index (κ2) is 4.69. The highest BCUT2D eigenvalue weighted by Gasteiger charge is 2.10. The van der Waals surface area contributed by atoms with Crippen molar-refractivity contribution in [3.8, 4) is 10.4 Å². The lowest BCUT2D eigenvalue weighted by atomic mass is 10.1. The van der Waals surface area contributed by atoms with Gasteiger partial charge in [-0.1, -0.05) is 11.6 Å². The predicted molar refractivity (Wildman–Crippen MR) is 67.1 cm³/mol. The van der Waals surface area contributed by atoms with Crippen molar-refractivity contribution >= 4 is 35.2 Å². The fourth-order valence-corrected chi connectivity index (χ4v) is 2.54. The minimum absolute atomic E-state index is 0.172. The third kappa shape index (κ3) is 2.38. The van der Waals surface area contributed by atoms with Crippen molar-refractivity contribution in [3.05, 3.63) is 45.8 Å². The normalized spacial score (nSPS) is 10.2. The van der Waals surface area contributed by atoms with E-state index in [4.69, 9.17) is 16.7 Å². The zero-order chi connectivity index (χ0) is 12.4. The molecule has 2 rings (SSSR count). The monoisotopic (exact) mass is 266 g/mol. The van der Waals surface area contributed by atoms with Crippen molar-refractivity contribution in [3.63, 3.8) is 0 Å². The third-order valence-electron chi connectivity index (χ3n) is 2.22. The summed E-state index contributed by atoms with van der Waals surface area (Å²) in [6.45, 7) is 0. The Kier molecular flexibility index (Phi) is 3.26. The molecule has 17 heavy (non-hydrogen) atoms. The number of carboxylic acids is 1. The fraction of sp³-hybridized carbons (Fsp3) is 0. The largest absolute Gasteiger partial charge is 0.478 e. The average molecular weight is 267 g/mol. The molecule has 1 heterocycles. The summed E-state index contributed by atoms with van der Waals surface area (Å²) >= 11 is 7.29. The molecule has 3 nitrogen and oxygen atoms in total. The molecule has 0 aliphatic carbocycles. The van der Waals surface area contributed by atoms with E-state index in [2.05, 4.69) is 0 Å². The Bertz CT molecular complexity index is 589. The van der Waals surface area contributed by atoms with E-state index >= 15 is 0 Å². The van der Waals surface area contributed by atoms with Gasteiger partial charge < -0.3 is 5.11 Å². The van der Waals surface area contributed by atoms with Gasteiger partial charge in [0.1, 0.15) is 0 Å². The smallest absolute Gasteiger partial charge is 0.335 e. The Hall–Kier alpha value is -1.65. The Labute approximate surface area is 106 Å². The van der Waals surface area contributed by atoms with Crippen LogP contribution >= 0.6 is 22.9 Å². The van der Waals surface area contributed by atoms with Gasteiger partial charge >= 0.3 is 5.97 Å². The van der Waals surface area contributed by atoms with Gasteiger partial charge in [-0.3, -0.25) is 4.79 Å². The SMILES string of the molecule is O=Cc1ccc(-c2cc(C(=O)O)ccc2Cl)s1. The molecule has 0 atom stereocenters. The first kappa shape index (κ1) is 11.8. The molecule has 0 saturated carbocycles. The van der Waals surface area contributed by atoms with Crippen LogP contribution in [0, 0.1) is 0 Å². The summed E-state index contributed by atoms with van der Waals surface area (Å²) in [6, 6.07) is 7.92. The number of aromatic carboxylic acids is 1. The number of halogens is 1. The van der Waals surface area contributed by atoms with Gasteiger partial charge in [-0.2, -0.15) is 0 Å². The van der Waals surface area contributed by atoms with Gasteiger partial charge in [0.2, 0.25) is 0 Å². The Morgan fingerprint density at radius 2 is 2.06 bits per heavy atom. The topological polar surface area (TPSA) is 54.4 Å². The molecule has 0 unspecified atom stereocenters. The van der Waals surface area contributed by atoms with Gasteiger partial charge in [-0.05, 0) is 30.3 Å². The highest BCUT2D eigenvalue weighted by molar-refractivity contribution is 7.17. The molecule has 5 heteroatoms. The molecule has 86 valence electrons. The Balaban J connectivity index is 2.53. The third-order valence-corrected chi connectivity index (χ3v) is 3.60. The van der Waals surface area contributed by atoms with Crippen molar-refractivity contribution in [2.24, 2.45) is 0 Å². The van der Waals surface area contributed by atoms with Gasteiger partial charge in [0.15, 0.2) is 6.29 Å². The first-order chi connectivity index (χ1) is 8.11. The van der Waals surface area contributed by atoms with Crippen LogP contribution in [0.3, 0.4) is 0 Å². The molecule has 1 aromatic carbocycles. The molecule has 0 saturated heterocycles. The van der Waals surface area contributed by atoms with Gasteiger partial charge in [0, 0.05) is 15.5 Å². The number of benzene rings is 1. The molecule has 0 amide bonds. The molecule has 1 N–H and O–H groups in total. The second-order valence-electron chi connectivity index (χ2n) is 3.32. The maximum atomic E-state index is 10.9. The van der Waals surface area contributed by atoms with Crippen LogP contribution in [0.25, 0.3) is 10.4 Å². The van der Waals surface area contributed by atoms with Crippen LogP contribution in [0.2, 0.25) is 5.02 Å². The van der Waals surface area contributed by atoms with Gasteiger partial charge in [-0.15, -0.1) is 11.3 Å². The minimum atomic E-state index is -1.00. The Morgan fingerprint density at radius 3 is 2.65 bits per heavy atom. The molecule has 0 radical (unpaired) electrons. The second-order valence-corrected chi connectivity index (χ2v) is 4.84. The summed E-state index contributed by atoms with van der Waals surface area (Å²) in [5, 5.41) is 9.37. The van der Waals surface area contributed by atoms with Gasteiger partial charge in [0.25, 0.3) is 0 Å². The van der Waals surface area contributed by atoms with E-state index in [-0.39, 0.29) is 5.56 Å². The minimum Gasteiger partial charge on any atom is -0.478 e. The molecular formula is C12H7ClO3S. The van der Waals surface area contributed by atoms with E-state index in [1.807, 2.05) is 0 Å². The number of thiophene rings is 1. The zero-order valence-electron chi connectivity index (χ0n) is 8.51. The lowest BCUT2D eigenvalue weighted by molar-refractivity contribution is 0.0697. The molecule has 0 aliphatic rings. The lowest BCUT2D eigenvalue weighted by Crippen LogP contribution is -1.95. The van der Waals surface area contributed by atoms with Crippen LogP contribution in [0.4, 0.5) is 0 Å². The van der Waals surface area contributed by atoms with Crippen molar-refractivity contribution in [1.29, 1.82) is 0 Å². The van der Waals surface area contributed by atoms with Crippen LogP contribution < -0.4 is 0 Å². The maximum absolute atomic E-state index is 10.9. The molecular weight excluding hydrogens is 260 g/mol. The number of carboxylic acid groups (broad SMARTS) is 1. The average Bonchev–Trinajstić information content (AvgIpc) is 2.77. The first-order valence-electron chi connectivity index (χ1n) is 4.70. The number of aldehydes is 1. The van der Waals surface area contributed by atoms with Crippen molar-refractivity contribution in [2.45, 2.75) is 0 Å². The van der Waals surface area contributed by atoms with E-state index in [0.29, 0.717) is 15.5 Å². The molecule has 0 bridgehead atoms. The summed E-state index contributed by atoms with van der Waals surface area (Å²) < 4.78 is 0. The molecule has 0 spiro atoms. The number of hydrogen-bond acceptors (Lipinski definition) is 3. The predicted octanol–water partition coefficient (Wildman–Crippen LogP) is 3.58. The van der Waals surface area contributed by atoms with E-state index in [9.17, 15) is 9.59 Å². The van der Waals surface area contributed by atoms with Crippen molar-refractivity contribution in [2.75, 3.05) is 0 Å². The van der Waals surface area contributed by atoms with Crippen molar-refractivity contribution < 1.29 is 14.7 Å². The number of hydrogen-bond donors (Lipinski definition) is 1. The molecule has 2 aromatic rings. The quantitative estimate of drug-likeness (QED) is 0.864.